The highest BCUT2D eigenvalue weighted by atomic mass is 16.7. The highest BCUT2D eigenvalue weighted by Crippen LogP contribution is 2.29. The highest BCUT2D eigenvalue weighted by Gasteiger charge is 2.45. The van der Waals surface area contributed by atoms with Gasteiger partial charge in [-0.15, -0.1) is 0 Å². The smallest absolute Gasteiger partial charge is 0.303 e. The van der Waals surface area contributed by atoms with Gasteiger partial charge in [0.15, 0.2) is 24.8 Å². The summed E-state index contributed by atoms with van der Waals surface area (Å²) < 4.78 is 66.7. The lowest BCUT2D eigenvalue weighted by Gasteiger charge is -2.39. The molecule has 29 heteroatoms. The molecule has 0 spiro atoms. The van der Waals surface area contributed by atoms with Crippen molar-refractivity contribution in [3.63, 3.8) is 0 Å². The molecule has 0 aliphatic carbocycles. The number of hydrogen-bond acceptors (Lipinski definition) is 24. The molecule has 8 atom stereocenters. The predicted octanol–water partition coefficient (Wildman–Crippen LogP) is 3.48. The number of Topliss-reactive ketones (excluding diaryl/α,β-unsaturated/α-hetero) is 1. The first-order chi connectivity index (χ1) is 43.5. The zero-order valence-corrected chi connectivity index (χ0v) is 54.5. The molecular weight excluding hydrogens is 1200 g/mol. The van der Waals surface area contributed by atoms with Crippen LogP contribution in [0.15, 0.2) is 0 Å². The average Bonchev–Trinajstić information content (AvgIpc) is 1.53. The molecule has 29 nitrogen and oxygen atoms in total. The van der Waals surface area contributed by atoms with Crippen LogP contribution in [0.3, 0.4) is 0 Å². The van der Waals surface area contributed by atoms with Gasteiger partial charge in [-0.25, -0.2) is 0 Å². The summed E-state index contributed by atoms with van der Waals surface area (Å²) in [5.41, 5.74) is 0. The maximum absolute atomic E-state index is 13.0. The van der Waals surface area contributed by atoms with E-state index >= 15 is 0 Å². The Balaban J connectivity index is 1.68. The molecule has 0 radical (unpaired) electrons. The summed E-state index contributed by atoms with van der Waals surface area (Å²) in [5, 5.41) is 14.2. The van der Waals surface area contributed by atoms with Gasteiger partial charge in [-0.2, -0.15) is 0 Å². The third-order valence-electron chi connectivity index (χ3n) is 13.9. The van der Waals surface area contributed by atoms with E-state index in [1.807, 2.05) is 0 Å². The second kappa shape index (κ2) is 49.3. The molecule has 0 aromatic rings. The van der Waals surface area contributed by atoms with E-state index in [0.29, 0.717) is 84.0 Å². The molecule has 0 saturated carbocycles. The van der Waals surface area contributed by atoms with Crippen LogP contribution in [0.4, 0.5) is 0 Å². The van der Waals surface area contributed by atoms with Crippen molar-refractivity contribution in [3.05, 3.63) is 0 Å². The Labute approximate surface area is 534 Å². The number of hydrogen-bond donors (Lipinski definition) is 5. The van der Waals surface area contributed by atoms with Crippen LogP contribution in [0.1, 0.15) is 190 Å². The Bertz CT molecular complexity index is 2100. The van der Waals surface area contributed by atoms with Crippen LogP contribution in [0, 0.1) is 0 Å². The van der Waals surface area contributed by atoms with Crippen molar-refractivity contribution in [2.75, 3.05) is 79.0 Å². The van der Waals surface area contributed by atoms with Crippen LogP contribution in [0.2, 0.25) is 0 Å². The van der Waals surface area contributed by atoms with E-state index < -0.39 is 91.1 Å². The normalized spacial score (nSPS) is 19.4. The molecular formula is C62H103N5O24. The number of rotatable bonds is 50. The average molecular weight is 1300 g/mol. The summed E-state index contributed by atoms with van der Waals surface area (Å²) in [6.45, 7) is 10.3. The number of amides is 5. The Kier molecular flexibility index (Phi) is 43.7. The lowest BCUT2D eigenvalue weighted by molar-refractivity contribution is -0.266. The van der Waals surface area contributed by atoms with E-state index in [1.54, 1.807) is 6.92 Å². The molecule has 2 rings (SSSR count). The lowest BCUT2D eigenvalue weighted by atomic mass is 10.0. The summed E-state index contributed by atoms with van der Waals surface area (Å²) in [4.78, 5) is 144. The SMILES string of the molecule is CC(=O)CCCCCCCCCCC(=O)NC(COCCC(=O)NCCCNC(=O)CCCCO[C@H]1C[C@@H](OC(C)=O)[C@@H](OC(C)=O)[C@@H](COC(C)=O)O1)COCCC(=O)NCCCNC(=O)CCCCO[C@H]1C[C@@H](OC(C)=O)[C@@H](OC(C)=O)[C@@H](COC(C)=O)O1. The number of unbranched alkanes of at least 4 members (excludes halogenated alkanes) is 9. The first-order valence-electron chi connectivity index (χ1n) is 32.0. The molecule has 0 unspecified atom stereocenters. The third kappa shape index (κ3) is 42.4. The maximum atomic E-state index is 13.0. The van der Waals surface area contributed by atoms with Gasteiger partial charge < -0.3 is 88.2 Å². The van der Waals surface area contributed by atoms with Crippen molar-refractivity contribution in [2.24, 2.45) is 0 Å². The fourth-order valence-corrected chi connectivity index (χ4v) is 9.59. The van der Waals surface area contributed by atoms with Crippen molar-refractivity contribution in [1.29, 1.82) is 0 Å². The summed E-state index contributed by atoms with van der Waals surface area (Å²) in [5.74, 6) is -4.44. The number of nitrogens with one attached hydrogen (secondary N) is 5. The van der Waals surface area contributed by atoms with Crippen molar-refractivity contribution in [1.82, 2.24) is 26.6 Å². The summed E-state index contributed by atoms with van der Waals surface area (Å²) in [6, 6.07) is -0.549. The molecule has 0 aromatic carbocycles. The largest absolute Gasteiger partial charge is 0.463 e. The molecule has 520 valence electrons. The van der Waals surface area contributed by atoms with E-state index in [4.69, 9.17) is 56.8 Å². The summed E-state index contributed by atoms with van der Waals surface area (Å²) >= 11 is 0. The van der Waals surface area contributed by atoms with Crippen LogP contribution < -0.4 is 26.6 Å². The second-order valence-corrected chi connectivity index (χ2v) is 22.4. The number of carbonyl (C=O) groups excluding carboxylic acids is 12. The third-order valence-corrected chi connectivity index (χ3v) is 13.9. The zero-order chi connectivity index (χ0) is 67.2. The molecule has 5 amide bonds. The van der Waals surface area contributed by atoms with Gasteiger partial charge in [0.25, 0.3) is 0 Å². The Morgan fingerprint density at radius 2 is 0.714 bits per heavy atom. The van der Waals surface area contributed by atoms with Crippen LogP contribution >= 0.6 is 0 Å². The number of esters is 6. The van der Waals surface area contributed by atoms with Crippen molar-refractivity contribution in [2.45, 2.75) is 245 Å². The van der Waals surface area contributed by atoms with E-state index in [1.165, 1.54) is 41.5 Å². The first kappa shape index (κ1) is 80.7. The minimum Gasteiger partial charge on any atom is -0.463 e. The topological polar surface area (TPSA) is 376 Å². The molecule has 2 aliphatic rings. The minimum absolute atomic E-state index is 0.0493. The predicted molar refractivity (Wildman–Crippen MR) is 323 cm³/mol. The van der Waals surface area contributed by atoms with E-state index in [9.17, 15) is 57.5 Å². The standard InChI is InChI=1S/C62H103N5O24/c1-42(68)22-14-12-10-8-9-11-13-15-25-58(79)67-49(38-80-34-26-56(77)65-30-20-28-63-54(75)23-16-18-32-82-59-36-50(86-45(4)71)61(88-47(6)73)52(90-59)40-84-43(2)69)39-81-35-27-57(78)66-31-21-29-64-55(76)24-17-19-33-83-60-37-51(87-46(5)72)62(89-48(7)74)53(91-60)41-85-44(3)70/h49-53,59-62H,8-41H2,1-7H3,(H,63,75)(H,64,76)(H,65,77)(H,66,78)(H,67,79)/t50-,51-,52-,53-,59-,60-,61-,62-/m1/s1. The van der Waals surface area contributed by atoms with Gasteiger partial charge in [0.2, 0.25) is 29.5 Å². The quantitative estimate of drug-likeness (QED) is 0.0331. The monoisotopic (exact) mass is 1300 g/mol. The van der Waals surface area contributed by atoms with Gasteiger partial charge >= 0.3 is 35.8 Å². The molecule has 2 aliphatic heterocycles. The Morgan fingerprint density at radius 1 is 0.374 bits per heavy atom. The van der Waals surface area contributed by atoms with Crippen molar-refractivity contribution < 1.29 is 114 Å². The van der Waals surface area contributed by atoms with Gasteiger partial charge in [-0.3, -0.25) is 52.7 Å². The lowest BCUT2D eigenvalue weighted by Crippen LogP contribution is -2.54. The van der Waals surface area contributed by atoms with Gasteiger partial charge in [-0.05, 0) is 58.3 Å². The molecule has 2 saturated heterocycles. The van der Waals surface area contributed by atoms with Gasteiger partial charge in [0.05, 0.1) is 32.5 Å². The number of carbonyl (C=O) groups is 12. The second-order valence-electron chi connectivity index (χ2n) is 22.4. The van der Waals surface area contributed by atoms with Gasteiger partial charge in [0.1, 0.15) is 43.4 Å². The van der Waals surface area contributed by atoms with Gasteiger partial charge in [-0.1, -0.05) is 38.5 Å². The Morgan fingerprint density at radius 3 is 1.08 bits per heavy atom. The first-order valence-corrected chi connectivity index (χ1v) is 32.0. The van der Waals surface area contributed by atoms with E-state index in [-0.39, 0.29) is 127 Å². The fraction of sp³-hybridized carbons (Fsp3) is 0.806. The molecule has 91 heavy (non-hydrogen) atoms. The molecule has 2 heterocycles. The molecule has 2 fully saturated rings. The van der Waals surface area contributed by atoms with Crippen LogP contribution in [-0.2, 0) is 114 Å². The van der Waals surface area contributed by atoms with Crippen molar-refractivity contribution in [3.8, 4) is 0 Å². The molecule has 0 aromatic heterocycles. The Hall–Kier alpha value is -6.40. The van der Waals surface area contributed by atoms with Crippen LogP contribution in [-0.4, -0.2) is 205 Å². The molecule has 5 N–H and O–H groups in total. The van der Waals surface area contributed by atoms with E-state index in [0.717, 1.165) is 44.9 Å². The maximum Gasteiger partial charge on any atom is 0.303 e. The van der Waals surface area contributed by atoms with Crippen molar-refractivity contribution >= 4 is 71.1 Å². The fourth-order valence-electron chi connectivity index (χ4n) is 9.59. The summed E-state index contributed by atoms with van der Waals surface area (Å²) in [6.07, 6.45) is 4.88. The van der Waals surface area contributed by atoms with Crippen LogP contribution in [0.5, 0.6) is 0 Å². The van der Waals surface area contributed by atoms with E-state index in [2.05, 4.69) is 26.6 Å². The minimum atomic E-state index is -1.02. The number of ketones is 1. The zero-order valence-electron chi connectivity index (χ0n) is 54.5. The van der Waals surface area contributed by atoms with Crippen LogP contribution in [0.25, 0.3) is 0 Å². The number of ether oxygens (including phenoxy) is 12. The highest BCUT2D eigenvalue weighted by molar-refractivity contribution is 5.78. The molecule has 0 bridgehead atoms. The van der Waals surface area contributed by atoms with Gasteiger partial charge in [0, 0.05) is 132 Å². The summed E-state index contributed by atoms with van der Waals surface area (Å²) in [7, 11) is 0.